The molecule has 1 aromatic carbocycles. The van der Waals surface area contributed by atoms with Gasteiger partial charge >= 0.3 is 59.1 Å². The second-order valence-electron chi connectivity index (χ2n) is 4.64. The summed E-state index contributed by atoms with van der Waals surface area (Å²) in [4.78, 5) is 0. The largest absolute Gasteiger partial charge is 1.00 e. The average molecular weight is 282 g/mol. The van der Waals surface area contributed by atoms with Crippen molar-refractivity contribution in [3.63, 3.8) is 0 Å². The van der Waals surface area contributed by atoms with Gasteiger partial charge in [0.05, 0.1) is 6.61 Å². The van der Waals surface area contributed by atoms with Crippen LogP contribution in [0.4, 0.5) is 0 Å². The molecule has 19 heavy (non-hydrogen) atoms. The van der Waals surface area contributed by atoms with E-state index in [0.717, 1.165) is 12.4 Å². The summed E-state index contributed by atoms with van der Waals surface area (Å²) < 4.78 is 5.65. The first-order valence-electron chi connectivity index (χ1n) is 7.11. The van der Waals surface area contributed by atoms with E-state index in [1.54, 1.807) is 0 Å². The van der Waals surface area contributed by atoms with Crippen LogP contribution in [0.2, 0.25) is 0 Å². The number of unbranched alkanes of at least 4 members (excludes halogenated alkanes) is 7. The number of benzene rings is 1. The number of hydrogen-bond donors (Lipinski definition) is 0. The molecule has 0 heterocycles. The maximum absolute atomic E-state index is 5.65. The fourth-order valence-corrected chi connectivity index (χ4v) is 1.94. The van der Waals surface area contributed by atoms with E-state index in [2.05, 4.69) is 6.92 Å². The Morgan fingerprint density at radius 1 is 0.789 bits per heavy atom. The summed E-state index contributed by atoms with van der Waals surface area (Å²) in [6.07, 6.45) is 10.8. The zero-order valence-corrected chi connectivity index (χ0v) is 17.2. The molecule has 0 spiro atoms. The number of ether oxygens (including phenoxy) is 1. The second kappa shape index (κ2) is 17.1. The molecule has 0 aliphatic heterocycles. The van der Waals surface area contributed by atoms with Crippen molar-refractivity contribution >= 4 is 0 Å². The van der Waals surface area contributed by atoms with Crippen LogP contribution in [0, 0.1) is 0 Å². The van der Waals surface area contributed by atoms with Crippen molar-refractivity contribution in [3.8, 4) is 5.75 Å². The smallest absolute Gasteiger partial charge is 1.00 e. The fourth-order valence-electron chi connectivity index (χ4n) is 1.94. The first-order valence-corrected chi connectivity index (χ1v) is 7.11. The molecule has 0 aliphatic carbocycles. The van der Waals surface area contributed by atoms with Crippen molar-refractivity contribution in [2.45, 2.75) is 58.3 Å². The van der Waals surface area contributed by atoms with Crippen LogP contribution in [0.15, 0.2) is 30.3 Å². The molecule has 0 aromatic heterocycles. The van der Waals surface area contributed by atoms with Crippen molar-refractivity contribution < 1.29 is 66.7 Å². The van der Waals surface area contributed by atoms with E-state index < -0.39 is 0 Å². The van der Waals surface area contributed by atoms with Crippen molar-refractivity contribution in [3.05, 3.63) is 30.3 Å². The first-order chi connectivity index (χ1) is 8.43. The predicted molar refractivity (Wildman–Crippen MR) is 76.8 cm³/mol. The van der Waals surface area contributed by atoms with Crippen LogP contribution >= 0.6 is 0 Å². The first kappa shape index (κ1) is 22.3. The van der Waals surface area contributed by atoms with E-state index in [4.69, 9.17) is 4.74 Å². The molecular weight excluding hydrogens is 254 g/mol. The van der Waals surface area contributed by atoms with Gasteiger partial charge in [-0.2, -0.15) is 0 Å². The molecule has 3 heteroatoms. The molecule has 0 radical (unpaired) electrons. The quantitative estimate of drug-likeness (QED) is 0.413. The van der Waals surface area contributed by atoms with Gasteiger partial charge in [-0.1, -0.05) is 70.1 Å². The Hall–Kier alpha value is 1.02. The third kappa shape index (κ3) is 13.7. The van der Waals surface area contributed by atoms with Crippen LogP contribution in [-0.4, -0.2) is 6.61 Å². The van der Waals surface area contributed by atoms with Crippen LogP contribution in [0.25, 0.3) is 0 Å². The second-order valence-corrected chi connectivity index (χ2v) is 4.64. The van der Waals surface area contributed by atoms with E-state index in [9.17, 15) is 0 Å². The molecule has 0 saturated carbocycles. The van der Waals surface area contributed by atoms with E-state index in [-0.39, 0.29) is 62.0 Å². The molecule has 1 nitrogen and oxygen atoms in total. The molecule has 0 bridgehead atoms. The molecule has 1 rings (SSSR count). The topological polar surface area (TPSA) is 9.23 Å². The van der Waals surface area contributed by atoms with Crippen molar-refractivity contribution in [1.29, 1.82) is 0 Å². The SMILES string of the molecule is CCCCCCCCCCOc1ccccc1.[H-].[H-].[Na+].[Na+]. The Bertz CT molecular complexity index is 274. The van der Waals surface area contributed by atoms with Gasteiger partial charge in [0, 0.05) is 0 Å². The number of para-hydroxylation sites is 1. The van der Waals surface area contributed by atoms with Gasteiger partial charge in [-0.15, -0.1) is 0 Å². The van der Waals surface area contributed by atoms with Gasteiger partial charge in [0.15, 0.2) is 0 Å². The van der Waals surface area contributed by atoms with Gasteiger partial charge in [0.25, 0.3) is 0 Å². The van der Waals surface area contributed by atoms with Crippen LogP contribution in [0.3, 0.4) is 0 Å². The van der Waals surface area contributed by atoms with Crippen molar-refractivity contribution in [2.24, 2.45) is 0 Å². The molecule has 1 aromatic rings. The third-order valence-electron chi connectivity index (χ3n) is 3.01. The Kier molecular flexibility index (Phi) is 20.0. The maximum Gasteiger partial charge on any atom is 1.00 e. The molecule has 0 aliphatic rings. The summed E-state index contributed by atoms with van der Waals surface area (Å²) in [6.45, 7) is 3.12. The van der Waals surface area contributed by atoms with E-state index in [0.29, 0.717) is 0 Å². The van der Waals surface area contributed by atoms with Crippen molar-refractivity contribution in [2.75, 3.05) is 6.61 Å². The molecule has 0 N–H and O–H groups in total. The predicted octanol–water partition coefficient (Wildman–Crippen LogP) is -0.561. The van der Waals surface area contributed by atoms with Gasteiger partial charge in [-0.25, -0.2) is 0 Å². The van der Waals surface area contributed by atoms with Gasteiger partial charge in [-0.3, -0.25) is 0 Å². The average Bonchev–Trinajstić information content (AvgIpc) is 2.38. The molecule has 0 fully saturated rings. The summed E-state index contributed by atoms with van der Waals surface area (Å²) in [5.74, 6) is 0.996. The third-order valence-corrected chi connectivity index (χ3v) is 3.01. The normalized spacial score (nSPS) is 9.32. The van der Waals surface area contributed by atoms with E-state index >= 15 is 0 Å². The van der Waals surface area contributed by atoms with Gasteiger partial charge < -0.3 is 7.59 Å². The summed E-state index contributed by atoms with van der Waals surface area (Å²) in [5.41, 5.74) is 0. The molecule has 100 valence electrons. The molecule has 0 atom stereocenters. The Morgan fingerprint density at radius 3 is 1.89 bits per heavy atom. The summed E-state index contributed by atoms with van der Waals surface area (Å²) in [6, 6.07) is 10.1. The van der Waals surface area contributed by atoms with E-state index in [1.165, 1.54) is 51.4 Å². The van der Waals surface area contributed by atoms with Crippen LogP contribution in [0.5, 0.6) is 5.75 Å². The standard InChI is InChI=1S/C16H26O.2Na.2H/c1-2-3-4-5-6-7-8-12-15-17-16-13-10-9-11-14-16;;;;/h9-11,13-14H,2-8,12,15H2,1H3;;;;/q;2*+1;2*-1. The minimum absolute atomic E-state index is 0. The van der Waals surface area contributed by atoms with Crippen molar-refractivity contribution in [1.82, 2.24) is 0 Å². The van der Waals surface area contributed by atoms with Crippen LogP contribution in [0.1, 0.15) is 61.1 Å². The molecule has 0 amide bonds. The molecule has 0 unspecified atom stereocenters. The van der Waals surface area contributed by atoms with Gasteiger partial charge in [0.1, 0.15) is 5.75 Å². The zero-order chi connectivity index (χ0) is 12.2. The maximum atomic E-state index is 5.65. The molecular formula is C16H28Na2O. The number of hydrogen-bond acceptors (Lipinski definition) is 1. The summed E-state index contributed by atoms with van der Waals surface area (Å²) >= 11 is 0. The van der Waals surface area contributed by atoms with E-state index in [1.807, 2.05) is 30.3 Å². The van der Waals surface area contributed by atoms with Gasteiger partial charge in [0.2, 0.25) is 0 Å². The Balaban J connectivity index is -0.000000361. The molecule has 0 saturated heterocycles. The monoisotopic (exact) mass is 282 g/mol. The minimum atomic E-state index is 0. The number of rotatable bonds is 10. The summed E-state index contributed by atoms with van der Waals surface area (Å²) in [5, 5.41) is 0. The zero-order valence-electron chi connectivity index (χ0n) is 15.2. The Morgan fingerprint density at radius 2 is 1.32 bits per heavy atom. The van der Waals surface area contributed by atoms with Crippen LogP contribution < -0.4 is 63.9 Å². The van der Waals surface area contributed by atoms with Crippen LogP contribution in [-0.2, 0) is 0 Å². The minimum Gasteiger partial charge on any atom is -1.00 e. The summed E-state index contributed by atoms with van der Waals surface area (Å²) in [7, 11) is 0. The Labute approximate surface area is 166 Å². The fraction of sp³-hybridized carbons (Fsp3) is 0.625. The van der Waals surface area contributed by atoms with Gasteiger partial charge in [-0.05, 0) is 18.6 Å².